The third-order valence-corrected chi connectivity index (χ3v) is 3.85. The van der Waals surface area contributed by atoms with Gasteiger partial charge >= 0.3 is 0 Å². The van der Waals surface area contributed by atoms with Gasteiger partial charge in [0, 0.05) is 12.2 Å². The molecule has 2 aromatic carbocycles. The van der Waals surface area contributed by atoms with Gasteiger partial charge in [0.1, 0.15) is 0 Å². The number of rotatable bonds is 6. The molecule has 25 heavy (non-hydrogen) atoms. The van der Waals surface area contributed by atoms with E-state index in [1.54, 1.807) is 12.1 Å². The number of anilines is 2. The molecule has 3 rings (SSSR count). The Hall–Kier alpha value is -3.21. The summed E-state index contributed by atoms with van der Waals surface area (Å²) in [6, 6.07) is 21.4. The molecule has 0 aliphatic carbocycles. The summed E-state index contributed by atoms with van der Waals surface area (Å²) in [7, 11) is 0. The van der Waals surface area contributed by atoms with E-state index in [0.29, 0.717) is 18.1 Å². The molecule has 0 radical (unpaired) electrons. The molecule has 0 aliphatic heterocycles. The van der Waals surface area contributed by atoms with Crippen LogP contribution in [-0.4, -0.2) is 22.6 Å². The second-order valence-electron chi connectivity index (χ2n) is 5.74. The maximum absolute atomic E-state index is 12.1. The SMILES string of the molecule is Cc1ccccc1Nc1ccc(C(=O)NCCc2ccccc2)nn1. The number of aromatic nitrogens is 2. The number of aryl methyl sites for hydroxylation is 1. The summed E-state index contributed by atoms with van der Waals surface area (Å²) in [6.07, 6.45) is 0.785. The smallest absolute Gasteiger partial charge is 0.271 e. The number of nitrogens with zero attached hydrogens (tertiary/aromatic N) is 2. The highest BCUT2D eigenvalue weighted by atomic mass is 16.1. The summed E-state index contributed by atoms with van der Waals surface area (Å²) in [6.45, 7) is 2.58. The highest BCUT2D eigenvalue weighted by Crippen LogP contribution is 2.17. The van der Waals surface area contributed by atoms with E-state index in [0.717, 1.165) is 17.7 Å². The molecule has 0 bridgehead atoms. The third kappa shape index (κ3) is 4.64. The summed E-state index contributed by atoms with van der Waals surface area (Å²) in [5.41, 5.74) is 3.58. The molecular weight excluding hydrogens is 312 g/mol. The van der Waals surface area contributed by atoms with Crippen LogP contribution in [0.5, 0.6) is 0 Å². The highest BCUT2D eigenvalue weighted by molar-refractivity contribution is 5.92. The Morgan fingerprint density at radius 2 is 1.68 bits per heavy atom. The number of amides is 1. The molecule has 3 aromatic rings. The van der Waals surface area contributed by atoms with E-state index in [1.165, 1.54) is 5.56 Å². The van der Waals surface area contributed by atoms with Crippen LogP contribution in [-0.2, 0) is 6.42 Å². The van der Waals surface area contributed by atoms with E-state index in [2.05, 4.69) is 20.8 Å². The van der Waals surface area contributed by atoms with E-state index in [-0.39, 0.29) is 5.91 Å². The predicted octanol–water partition coefficient (Wildman–Crippen LogP) is 3.50. The molecule has 2 N–H and O–H groups in total. The van der Waals surface area contributed by atoms with Crippen LogP contribution in [0.2, 0.25) is 0 Å². The van der Waals surface area contributed by atoms with Gasteiger partial charge < -0.3 is 10.6 Å². The molecule has 0 aliphatic rings. The lowest BCUT2D eigenvalue weighted by Crippen LogP contribution is -2.26. The van der Waals surface area contributed by atoms with Gasteiger partial charge in [-0.25, -0.2) is 0 Å². The Bertz CT molecular complexity index is 832. The largest absolute Gasteiger partial charge is 0.350 e. The van der Waals surface area contributed by atoms with Crippen LogP contribution >= 0.6 is 0 Å². The van der Waals surface area contributed by atoms with Gasteiger partial charge in [-0.15, -0.1) is 10.2 Å². The Balaban J connectivity index is 1.54. The fraction of sp³-hybridized carbons (Fsp3) is 0.150. The van der Waals surface area contributed by atoms with Crippen LogP contribution in [0.25, 0.3) is 0 Å². The van der Waals surface area contributed by atoms with E-state index < -0.39 is 0 Å². The Labute approximate surface area is 147 Å². The number of benzene rings is 2. The highest BCUT2D eigenvalue weighted by Gasteiger charge is 2.08. The maximum Gasteiger partial charge on any atom is 0.271 e. The van der Waals surface area contributed by atoms with Crippen molar-refractivity contribution in [1.29, 1.82) is 0 Å². The topological polar surface area (TPSA) is 66.9 Å². The van der Waals surface area contributed by atoms with Gasteiger partial charge in [-0.1, -0.05) is 48.5 Å². The lowest BCUT2D eigenvalue weighted by Gasteiger charge is -2.08. The van der Waals surface area contributed by atoms with Crippen LogP contribution in [0.1, 0.15) is 21.6 Å². The first kappa shape index (κ1) is 16.6. The van der Waals surface area contributed by atoms with Crippen LogP contribution in [0.4, 0.5) is 11.5 Å². The molecule has 1 heterocycles. The molecule has 126 valence electrons. The molecule has 0 spiro atoms. The summed E-state index contributed by atoms with van der Waals surface area (Å²) in [5, 5.41) is 14.1. The zero-order chi connectivity index (χ0) is 17.5. The summed E-state index contributed by atoms with van der Waals surface area (Å²) in [4.78, 5) is 12.1. The predicted molar refractivity (Wildman–Crippen MR) is 99.0 cm³/mol. The normalized spacial score (nSPS) is 10.3. The minimum absolute atomic E-state index is 0.217. The maximum atomic E-state index is 12.1. The van der Waals surface area contributed by atoms with Crippen molar-refractivity contribution in [2.24, 2.45) is 0 Å². The van der Waals surface area contributed by atoms with Gasteiger partial charge in [0.15, 0.2) is 11.5 Å². The van der Waals surface area contributed by atoms with Gasteiger partial charge in [0.2, 0.25) is 0 Å². The van der Waals surface area contributed by atoms with Crippen LogP contribution < -0.4 is 10.6 Å². The van der Waals surface area contributed by atoms with Gasteiger partial charge in [-0.05, 0) is 42.7 Å². The van der Waals surface area contributed by atoms with Crippen molar-refractivity contribution >= 4 is 17.4 Å². The van der Waals surface area contributed by atoms with Crippen molar-refractivity contribution in [2.45, 2.75) is 13.3 Å². The van der Waals surface area contributed by atoms with E-state index in [9.17, 15) is 4.79 Å². The molecule has 0 saturated heterocycles. The zero-order valence-corrected chi connectivity index (χ0v) is 14.1. The first-order chi connectivity index (χ1) is 12.2. The molecule has 0 unspecified atom stereocenters. The summed E-state index contributed by atoms with van der Waals surface area (Å²) < 4.78 is 0. The first-order valence-corrected chi connectivity index (χ1v) is 8.21. The van der Waals surface area contributed by atoms with Crippen LogP contribution in [0.15, 0.2) is 66.7 Å². The molecule has 1 amide bonds. The number of hydrogen-bond donors (Lipinski definition) is 2. The molecule has 5 nitrogen and oxygen atoms in total. The number of hydrogen-bond acceptors (Lipinski definition) is 4. The lowest BCUT2D eigenvalue weighted by atomic mass is 10.1. The molecular formula is C20H20N4O. The quantitative estimate of drug-likeness (QED) is 0.725. The van der Waals surface area contributed by atoms with E-state index in [4.69, 9.17) is 0 Å². The van der Waals surface area contributed by atoms with E-state index >= 15 is 0 Å². The molecule has 0 saturated carbocycles. The van der Waals surface area contributed by atoms with Crippen molar-refractivity contribution in [3.05, 3.63) is 83.6 Å². The average molecular weight is 332 g/mol. The van der Waals surface area contributed by atoms with Crippen molar-refractivity contribution in [3.63, 3.8) is 0 Å². The second kappa shape index (κ2) is 8.06. The number of carbonyl (C=O) groups excluding carboxylic acids is 1. The number of para-hydroxylation sites is 1. The van der Waals surface area contributed by atoms with E-state index in [1.807, 2.05) is 61.5 Å². The molecule has 0 atom stereocenters. The minimum atomic E-state index is -0.217. The van der Waals surface area contributed by atoms with Crippen LogP contribution in [0.3, 0.4) is 0 Å². The van der Waals surface area contributed by atoms with Crippen molar-refractivity contribution < 1.29 is 4.79 Å². The van der Waals surface area contributed by atoms with Crippen molar-refractivity contribution in [2.75, 3.05) is 11.9 Å². The Morgan fingerprint density at radius 3 is 2.40 bits per heavy atom. The van der Waals surface area contributed by atoms with Gasteiger partial charge in [0.25, 0.3) is 5.91 Å². The summed E-state index contributed by atoms with van der Waals surface area (Å²) >= 11 is 0. The molecule has 0 fully saturated rings. The Morgan fingerprint density at radius 1 is 0.920 bits per heavy atom. The fourth-order valence-electron chi connectivity index (χ4n) is 2.43. The summed E-state index contributed by atoms with van der Waals surface area (Å²) in [5.74, 6) is 0.390. The van der Waals surface area contributed by atoms with Gasteiger partial charge in [0.05, 0.1) is 0 Å². The minimum Gasteiger partial charge on any atom is -0.350 e. The third-order valence-electron chi connectivity index (χ3n) is 3.85. The Kier molecular flexibility index (Phi) is 5.36. The number of carbonyl (C=O) groups is 1. The lowest BCUT2D eigenvalue weighted by molar-refractivity contribution is 0.0948. The standard InChI is InChI=1S/C20H20N4O/c1-15-7-5-6-10-17(15)22-19-12-11-18(23-24-19)20(25)21-14-13-16-8-3-2-4-9-16/h2-12H,13-14H2,1H3,(H,21,25)(H,22,24). The number of nitrogens with one attached hydrogen (secondary N) is 2. The fourth-order valence-corrected chi connectivity index (χ4v) is 2.43. The van der Waals surface area contributed by atoms with Crippen molar-refractivity contribution in [1.82, 2.24) is 15.5 Å². The monoisotopic (exact) mass is 332 g/mol. The average Bonchev–Trinajstić information content (AvgIpc) is 2.65. The van der Waals surface area contributed by atoms with Crippen molar-refractivity contribution in [3.8, 4) is 0 Å². The zero-order valence-electron chi connectivity index (χ0n) is 14.1. The second-order valence-corrected chi connectivity index (χ2v) is 5.74. The molecule has 5 heteroatoms. The van der Waals surface area contributed by atoms with Crippen LogP contribution in [0, 0.1) is 6.92 Å². The molecule has 1 aromatic heterocycles. The van der Waals surface area contributed by atoms with Gasteiger partial charge in [-0.2, -0.15) is 0 Å². The first-order valence-electron chi connectivity index (χ1n) is 8.21. The van der Waals surface area contributed by atoms with Gasteiger partial charge in [-0.3, -0.25) is 4.79 Å².